The standard InChI is InChI=1S/C11H11Cl3N2O2S/c1-16-4-5(2-7(13)11(16)18)15-10(17)8-3-6(12)9(14)19-8/h2,4,6,8-9H,3H2,1H3,(H,15,17). The van der Waals surface area contributed by atoms with Crippen molar-refractivity contribution in [2.75, 3.05) is 5.32 Å². The molecule has 8 heteroatoms. The molecule has 2 rings (SSSR count). The number of carbonyl (C=O) groups is 1. The molecule has 1 N–H and O–H groups in total. The number of pyridine rings is 1. The lowest BCUT2D eigenvalue weighted by Gasteiger charge is -2.11. The van der Waals surface area contributed by atoms with E-state index in [2.05, 4.69) is 5.32 Å². The zero-order chi connectivity index (χ0) is 14.2. The predicted octanol–water partition coefficient (Wildman–Crippen LogP) is 2.66. The summed E-state index contributed by atoms with van der Waals surface area (Å²) < 4.78 is 1.05. The molecule has 0 radical (unpaired) electrons. The summed E-state index contributed by atoms with van der Waals surface area (Å²) in [5, 5.41) is 2.27. The van der Waals surface area contributed by atoms with Crippen molar-refractivity contribution in [1.82, 2.24) is 4.57 Å². The van der Waals surface area contributed by atoms with Gasteiger partial charge in [0.05, 0.1) is 21.0 Å². The maximum Gasteiger partial charge on any atom is 0.269 e. The van der Waals surface area contributed by atoms with Gasteiger partial charge in [-0.1, -0.05) is 11.6 Å². The number of hydrogen-bond donors (Lipinski definition) is 1. The first kappa shape index (κ1) is 15.0. The van der Waals surface area contributed by atoms with Gasteiger partial charge in [0.2, 0.25) is 5.91 Å². The van der Waals surface area contributed by atoms with Crippen LogP contribution < -0.4 is 10.9 Å². The molecule has 4 nitrogen and oxygen atoms in total. The number of amides is 1. The van der Waals surface area contributed by atoms with Crippen molar-refractivity contribution >= 4 is 58.2 Å². The zero-order valence-electron chi connectivity index (χ0n) is 9.90. The van der Waals surface area contributed by atoms with Crippen molar-refractivity contribution in [2.24, 2.45) is 7.05 Å². The van der Waals surface area contributed by atoms with Crippen LogP contribution in [0.5, 0.6) is 0 Å². The second kappa shape index (κ2) is 5.95. The number of aromatic nitrogens is 1. The van der Waals surface area contributed by atoms with Gasteiger partial charge in [-0.05, 0) is 12.5 Å². The Morgan fingerprint density at radius 2 is 2.21 bits per heavy atom. The van der Waals surface area contributed by atoms with Crippen LogP contribution in [0.1, 0.15) is 6.42 Å². The first-order valence-electron chi connectivity index (χ1n) is 5.49. The highest BCUT2D eigenvalue weighted by Gasteiger charge is 2.36. The lowest BCUT2D eigenvalue weighted by atomic mass is 10.2. The molecule has 3 unspecified atom stereocenters. The van der Waals surface area contributed by atoms with E-state index in [1.54, 1.807) is 7.05 Å². The lowest BCUT2D eigenvalue weighted by Crippen LogP contribution is -2.25. The smallest absolute Gasteiger partial charge is 0.269 e. The Hall–Kier alpha value is -0.360. The van der Waals surface area contributed by atoms with Crippen molar-refractivity contribution in [2.45, 2.75) is 21.8 Å². The second-order valence-corrected chi connectivity index (χ2v) is 7.26. The molecule has 1 aromatic rings. The minimum Gasteiger partial charge on any atom is -0.324 e. The molecule has 1 saturated heterocycles. The fourth-order valence-electron chi connectivity index (χ4n) is 1.74. The summed E-state index contributed by atoms with van der Waals surface area (Å²) in [6.07, 6.45) is 2.04. The third-order valence-electron chi connectivity index (χ3n) is 2.72. The second-order valence-electron chi connectivity index (χ2n) is 4.21. The molecule has 104 valence electrons. The molecule has 1 aliphatic rings. The molecule has 2 heterocycles. The number of aryl methyl sites for hydroxylation is 1. The number of nitrogens with zero attached hydrogens (tertiary/aromatic N) is 1. The van der Waals surface area contributed by atoms with Gasteiger partial charge in [0.25, 0.3) is 5.56 Å². The molecule has 0 aromatic carbocycles. The van der Waals surface area contributed by atoms with Crippen molar-refractivity contribution in [3.05, 3.63) is 27.6 Å². The average Bonchev–Trinajstić information content (AvgIpc) is 2.66. The Morgan fingerprint density at radius 1 is 1.53 bits per heavy atom. The number of hydrogen-bond acceptors (Lipinski definition) is 3. The van der Waals surface area contributed by atoms with Crippen molar-refractivity contribution in [3.63, 3.8) is 0 Å². The van der Waals surface area contributed by atoms with Gasteiger partial charge in [-0.2, -0.15) is 0 Å². The number of nitrogens with one attached hydrogen (secondary N) is 1. The topological polar surface area (TPSA) is 51.1 Å². The molecule has 1 fully saturated rings. The highest BCUT2D eigenvalue weighted by atomic mass is 35.5. The predicted molar refractivity (Wildman–Crippen MR) is 80.6 cm³/mol. The Labute approximate surface area is 129 Å². The number of alkyl halides is 2. The molecule has 0 saturated carbocycles. The molecule has 3 atom stereocenters. The summed E-state index contributed by atoms with van der Waals surface area (Å²) in [7, 11) is 1.57. The number of thioether (sulfide) groups is 1. The average molecular weight is 342 g/mol. The molecular formula is C11H11Cl3N2O2S. The van der Waals surface area contributed by atoms with Gasteiger partial charge in [-0.25, -0.2) is 0 Å². The molecule has 0 spiro atoms. The van der Waals surface area contributed by atoms with Crippen LogP contribution in [-0.2, 0) is 11.8 Å². The highest BCUT2D eigenvalue weighted by Crippen LogP contribution is 2.39. The number of rotatable bonds is 2. The van der Waals surface area contributed by atoms with Crippen molar-refractivity contribution in [3.8, 4) is 0 Å². The zero-order valence-corrected chi connectivity index (χ0v) is 13.0. The first-order chi connectivity index (χ1) is 8.88. The van der Waals surface area contributed by atoms with Crippen LogP contribution in [0, 0.1) is 0 Å². The third kappa shape index (κ3) is 3.40. The maximum absolute atomic E-state index is 12.0. The lowest BCUT2D eigenvalue weighted by molar-refractivity contribution is -0.115. The van der Waals surface area contributed by atoms with Crippen LogP contribution in [0.4, 0.5) is 5.69 Å². The van der Waals surface area contributed by atoms with Gasteiger partial charge in [0.1, 0.15) is 5.02 Å². The monoisotopic (exact) mass is 340 g/mol. The van der Waals surface area contributed by atoms with E-state index in [0.29, 0.717) is 12.1 Å². The van der Waals surface area contributed by atoms with E-state index in [-0.39, 0.29) is 31.8 Å². The normalized spacial score (nSPS) is 26.4. The minimum atomic E-state index is -0.309. The quantitative estimate of drug-likeness (QED) is 0.841. The van der Waals surface area contributed by atoms with Gasteiger partial charge in [0, 0.05) is 13.2 Å². The summed E-state index contributed by atoms with van der Waals surface area (Å²) in [6, 6.07) is 1.43. The van der Waals surface area contributed by atoms with Crippen molar-refractivity contribution < 1.29 is 4.79 Å². The van der Waals surface area contributed by atoms with Crippen molar-refractivity contribution in [1.29, 1.82) is 0 Å². The largest absolute Gasteiger partial charge is 0.324 e. The molecule has 19 heavy (non-hydrogen) atoms. The van der Waals surface area contributed by atoms with Crippen LogP contribution in [0.3, 0.4) is 0 Å². The molecular weight excluding hydrogens is 331 g/mol. The van der Waals surface area contributed by atoms with Crippen LogP contribution in [0.2, 0.25) is 5.02 Å². The van der Waals surface area contributed by atoms with Crippen LogP contribution in [-0.4, -0.2) is 25.8 Å². The summed E-state index contributed by atoms with van der Waals surface area (Å²) >= 11 is 19.0. The van der Waals surface area contributed by atoms with Gasteiger partial charge in [-0.15, -0.1) is 35.0 Å². The van der Waals surface area contributed by atoms with Crippen LogP contribution in [0.25, 0.3) is 0 Å². The fourth-order valence-corrected chi connectivity index (χ4v) is 4.03. The van der Waals surface area contributed by atoms with E-state index < -0.39 is 0 Å². The molecule has 1 aromatic heterocycles. The number of anilines is 1. The van der Waals surface area contributed by atoms with E-state index in [0.717, 1.165) is 0 Å². The summed E-state index contributed by atoms with van der Waals surface area (Å²) in [4.78, 5) is 23.5. The van der Waals surface area contributed by atoms with Gasteiger partial charge < -0.3 is 9.88 Å². The Balaban J connectivity index is 2.10. The summed E-state index contributed by atoms with van der Waals surface area (Å²) in [6.45, 7) is 0. The Morgan fingerprint density at radius 3 is 2.74 bits per heavy atom. The SMILES string of the molecule is Cn1cc(NC(=O)C2CC(Cl)C(Cl)S2)cc(Cl)c1=O. The Kier molecular flexibility index (Phi) is 4.71. The molecule has 1 amide bonds. The first-order valence-corrected chi connectivity index (χ1v) is 7.68. The van der Waals surface area contributed by atoms with Gasteiger partial charge in [-0.3, -0.25) is 9.59 Å². The van der Waals surface area contributed by atoms with E-state index in [1.807, 2.05) is 0 Å². The van der Waals surface area contributed by atoms with Crippen LogP contribution >= 0.6 is 46.6 Å². The fraction of sp³-hybridized carbons (Fsp3) is 0.455. The van der Waals surface area contributed by atoms with Gasteiger partial charge in [0.15, 0.2) is 0 Å². The molecule has 0 aliphatic carbocycles. The summed E-state index contributed by atoms with van der Waals surface area (Å²) in [5.74, 6) is -0.187. The summed E-state index contributed by atoms with van der Waals surface area (Å²) in [5.41, 5.74) is 0.165. The number of carbonyl (C=O) groups excluding carboxylic acids is 1. The number of halogens is 3. The molecule has 0 bridgehead atoms. The van der Waals surface area contributed by atoms with E-state index in [1.165, 1.54) is 28.6 Å². The minimum absolute atomic E-state index is 0.0600. The van der Waals surface area contributed by atoms with E-state index in [9.17, 15) is 9.59 Å². The van der Waals surface area contributed by atoms with Crippen LogP contribution in [0.15, 0.2) is 17.1 Å². The third-order valence-corrected chi connectivity index (χ3v) is 5.63. The molecule has 1 aliphatic heterocycles. The van der Waals surface area contributed by atoms with E-state index in [4.69, 9.17) is 34.8 Å². The van der Waals surface area contributed by atoms with E-state index >= 15 is 0 Å². The maximum atomic E-state index is 12.0. The highest BCUT2D eigenvalue weighted by molar-refractivity contribution is 8.02. The van der Waals surface area contributed by atoms with Gasteiger partial charge >= 0.3 is 0 Å². The Bertz CT molecular complexity index is 527.